The van der Waals surface area contributed by atoms with Gasteiger partial charge in [0.25, 0.3) is 5.91 Å². The predicted octanol–water partition coefficient (Wildman–Crippen LogP) is 4.48. The maximum atomic E-state index is 12.5. The van der Waals surface area contributed by atoms with Gasteiger partial charge >= 0.3 is 0 Å². The van der Waals surface area contributed by atoms with E-state index in [0.29, 0.717) is 25.0 Å². The zero-order chi connectivity index (χ0) is 22.8. The molecule has 3 aromatic rings. The summed E-state index contributed by atoms with van der Waals surface area (Å²) >= 11 is 6.31. The van der Waals surface area contributed by atoms with Crippen molar-refractivity contribution in [3.05, 3.63) is 70.4 Å². The maximum Gasteiger partial charge on any atom is 0.287 e. The number of halogens is 1. The van der Waals surface area contributed by atoms with Crippen LogP contribution in [0.5, 0.6) is 0 Å². The van der Waals surface area contributed by atoms with Gasteiger partial charge in [0.1, 0.15) is 5.58 Å². The van der Waals surface area contributed by atoms with E-state index in [1.165, 1.54) is 0 Å². The van der Waals surface area contributed by atoms with Crippen molar-refractivity contribution < 1.29 is 19.1 Å². The average Bonchev–Trinajstić information content (AvgIpc) is 3.50. The molecule has 1 amide bonds. The molecule has 1 atom stereocenters. The third kappa shape index (κ3) is 4.94. The number of amides is 1. The normalized spacial score (nSPS) is 20.8. The Morgan fingerprint density at radius 3 is 2.76 bits per heavy atom. The SMILES string of the molecule is O=C(NC[C@H]1CCCO1)c1cc2cc(C3(O)CCN(Cc4ccccc4Cl)CC3)ccc2o1. The summed E-state index contributed by atoms with van der Waals surface area (Å²) in [5.74, 6) is 0.0385. The second kappa shape index (κ2) is 9.47. The van der Waals surface area contributed by atoms with Crippen LogP contribution in [-0.2, 0) is 16.9 Å². The average molecular weight is 469 g/mol. The van der Waals surface area contributed by atoms with Gasteiger partial charge in [-0.25, -0.2) is 0 Å². The van der Waals surface area contributed by atoms with Crippen LogP contribution in [0.2, 0.25) is 5.02 Å². The van der Waals surface area contributed by atoms with E-state index in [0.717, 1.165) is 60.6 Å². The minimum absolute atomic E-state index is 0.0861. The van der Waals surface area contributed by atoms with Crippen LogP contribution in [0.4, 0.5) is 0 Å². The number of nitrogens with zero attached hydrogens (tertiary/aromatic N) is 1. The molecule has 2 aliphatic heterocycles. The van der Waals surface area contributed by atoms with Gasteiger partial charge in [-0.05, 0) is 61.1 Å². The first-order chi connectivity index (χ1) is 16.0. The Kier molecular flexibility index (Phi) is 6.43. The molecule has 2 fully saturated rings. The second-order valence-electron chi connectivity index (χ2n) is 9.11. The van der Waals surface area contributed by atoms with Gasteiger partial charge in [0, 0.05) is 43.2 Å². The zero-order valence-corrected chi connectivity index (χ0v) is 19.3. The molecular weight excluding hydrogens is 440 g/mol. The summed E-state index contributed by atoms with van der Waals surface area (Å²) in [6, 6.07) is 15.3. The summed E-state index contributed by atoms with van der Waals surface area (Å²) in [5.41, 5.74) is 1.71. The molecule has 0 radical (unpaired) electrons. The van der Waals surface area contributed by atoms with Crippen molar-refractivity contribution in [1.82, 2.24) is 10.2 Å². The van der Waals surface area contributed by atoms with E-state index in [4.69, 9.17) is 20.8 Å². The molecule has 2 saturated heterocycles. The molecule has 2 aliphatic rings. The number of fused-ring (bicyclic) bond motifs is 1. The van der Waals surface area contributed by atoms with Gasteiger partial charge in [-0.1, -0.05) is 35.9 Å². The van der Waals surface area contributed by atoms with Gasteiger partial charge in [-0.15, -0.1) is 0 Å². The van der Waals surface area contributed by atoms with E-state index in [2.05, 4.69) is 10.2 Å². The molecular formula is C26H29ClN2O4. The zero-order valence-electron chi connectivity index (χ0n) is 18.6. The number of hydrogen-bond acceptors (Lipinski definition) is 5. The van der Waals surface area contributed by atoms with Gasteiger partial charge in [0.05, 0.1) is 11.7 Å². The van der Waals surface area contributed by atoms with Crippen LogP contribution < -0.4 is 5.32 Å². The number of ether oxygens (including phenoxy) is 1. The monoisotopic (exact) mass is 468 g/mol. The number of furan rings is 1. The van der Waals surface area contributed by atoms with E-state index in [9.17, 15) is 9.90 Å². The summed E-state index contributed by atoms with van der Waals surface area (Å²) in [6.45, 7) is 3.59. The lowest BCUT2D eigenvalue weighted by Gasteiger charge is -2.38. The van der Waals surface area contributed by atoms with Crippen molar-refractivity contribution in [2.75, 3.05) is 26.2 Å². The number of likely N-dealkylation sites (tertiary alicyclic amines) is 1. The van der Waals surface area contributed by atoms with Gasteiger partial charge < -0.3 is 19.6 Å². The van der Waals surface area contributed by atoms with Crippen molar-refractivity contribution in [2.45, 2.75) is 43.9 Å². The highest BCUT2D eigenvalue weighted by molar-refractivity contribution is 6.31. The molecule has 0 saturated carbocycles. The summed E-state index contributed by atoms with van der Waals surface area (Å²) in [6.07, 6.45) is 3.36. The van der Waals surface area contributed by atoms with E-state index >= 15 is 0 Å². The van der Waals surface area contributed by atoms with Crippen LogP contribution in [0.15, 0.2) is 52.9 Å². The van der Waals surface area contributed by atoms with Crippen LogP contribution >= 0.6 is 11.6 Å². The molecule has 7 heteroatoms. The third-order valence-electron chi connectivity index (χ3n) is 6.83. The number of nitrogens with one attached hydrogen (secondary N) is 1. The Morgan fingerprint density at radius 1 is 1.18 bits per heavy atom. The molecule has 2 N–H and O–H groups in total. The van der Waals surface area contributed by atoms with Crippen LogP contribution in [0.25, 0.3) is 11.0 Å². The molecule has 33 heavy (non-hydrogen) atoms. The fraction of sp³-hybridized carbons (Fsp3) is 0.423. The van der Waals surface area contributed by atoms with E-state index in [1.807, 2.05) is 42.5 Å². The van der Waals surface area contributed by atoms with E-state index in [1.54, 1.807) is 6.07 Å². The molecule has 1 aromatic heterocycles. The minimum Gasteiger partial charge on any atom is -0.451 e. The van der Waals surface area contributed by atoms with Gasteiger partial charge in [0.15, 0.2) is 5.76 Å². The Balaban J connectivity index is 1.24. The minimum atomic E-state index is -0.898. The number of rotatable bonds is 6. The lowest BCUT2D eigenvalue weighted by Crippen LogP contribution is -2.42. The predicted molar refractivity (Wildman–Crippen MR) is 127 cm³/mol. The molecule has 5 rings (SSSR count). The smallest absolute Gasteiger partial charge is 0.287 e. The number of carbonyl (C=O) groups excluding carboxylic acids is 1. The quantitative estimate of drug-likeness (QED) is 0.558. The molecule has 2 aromatic carbocycles. The van der Waals surface area contributed by atoms with Crippen LogP contribution in [0, 0.1) is 0 Å². The van der Waals surface area contributed by atoms with Gasteiger partial charge in [-0.2, -0.15) is 0 Å². The summed E-state index contributed by atoms with van der Waals surface area (Å²) in [4.78, 5) is 14.8. The van der Waals surface area contributed by atoms with Crippen LogP contribution in [0.1, 0.15) is 47.4 Å². The lowest BCUT2D eigenvalue weighted by molar-refractivity contribution is -0.0276. The lowest BCUT2D eigenvalue weighted by atomic mass is 9.84. The number of piperidine rings is 1. The summed E-state index contributed by atoms with van der Waals surface area (Å²) in [7, 11) is 0. The number of hydrogen-bond donors (Lipinski definition) is 2. The van der Waals surface area contributed by atoms with Crippen molar-refractivity contribution >= 4 is 28.5 Å². The van der Waals surface area contributed by atoms with Crippen molar-refractivity contribution in [1.29, 1.82) is 0 Å². The Bertz CT molecular complexity index is 1130. The Hall–Kier alpha value is -2.38. The molecule has 0 bridgehead atoms. The second-order valence-corrected chi connectivity index (χ2v) is 9.51. The highest BCUT2D eigenvalue weighted by Gasteiger charge is 2.34. The van der Waals surface area contributed by atoms with Gasteiger partial charge in [-0.3, -0.25) is 9.69 Å². The van der Waals surface area contributed by atoms with Gasteiger partial charge in [0.2, 0.25) is 0 Å². The highest BCUT2D eigenvalue weighted by atomic mass is 35.5. The topological polar surface area (TPSA) is 74.9 Å². The first kappa shape index (κ1) is 22.4. The standard InChI is InChI=1S/C26H29ClN2O4/c27-22-6-2-1-4-18(22)17-29-11-9-26(31,10-12-29)20-7-8-23-19(14-20)15-24(33-23)25(30)28-16-21-5-3-13-32-21/h1-2,4,6-8,14-15,21,31H,3,5,9-13,16-17H2,(H,28,30)/t21-/m1/s1. The molecule has 174 valence electrons. The molecule has 0 aliphatic carbocycles. The molecule has 6 nitrogen and oxygen atoms in total. The maximum absolute atomic E-state index is 12.5. The summed E-state index contributed by atoms with van der Waals surface area (Å²) < 4.78 is 11.3. The first-order valence-corrected chi connectivity index (χ1v) is 12.0. The van der Waals surface area contributed by atoms with Crippen LogP contribution in [0.3, 0.4) is 0 Å². The number of carbonyl (C=O) groups is 1. The molecule has 0 spiro atoms. The van der Waals surface area contributed by atoms with Crippen molar-refractivity contribution in [3.63, 3.8) is 0 Å². The highest BCUT2D eigenvalue weighted by Crippen LogP contribution is 2.35. The fourth-order valence-corrected chi connectivity index (χ4v) is 4.98. The third-order valence-corrected chi connectivity index (χ3v) is 7.20. The van der Waals surface area contributed by atoms with Crippen LogP contribution in [-0.4, -0.2) is 48.3 Å². The molecule has 3 heterocycles. The number of aliphatic hydroxyl groups is 1. The Morgan fingerprint density at radius 2 is 2.00 bits per heavy atom. The number of benzene rings is 2. The van der Waals surface area contributed by atoms with Crippen molar-refractivity contribution in [2.24, 2.45) is 0 Å². The van der Waals surface area contributed by atoms with Crippen molar-refractivity contribution in [3.8, 4) is 0 Å². The van der Waals surface area contributed by atoms with E-state index < -0.39 is 5.60 Å². The van der Waals surface area contributed by atoms with E-state index in [-0.39, 0.29) is 17.8 Å². The molecule has 0 unspecified atom stereocenters. The largest absolute Gasteiger partial charge is 0.451 e. The Labute approximate surface area is 198 Å². The first-order valence-electron chi connectivity index (χ1n) is 11.6. The fourth-order valence-electron chi connectivity index (χ4n) is 4.78. The summed E-state index contributed by atoms with van der Waals surface area (Å²) in [5, 5.41) is 15.9.